The summed E-state index contributed by atoms with van der Waals surface area (Å²) in [5.74, 6) is 0. The predicted molar refractivity (Wildman–Crippen MR) is 246 cm³/mol. The summed E-state index contributed by atoms with van der Waals surface area (Å²) in [6.07, 6.45) is 0. The van der Waals surface area contributed by atoms with E-state index in [1.54, 1.807) is 0 Å². The van der Waals surface area contributed by atoms with Gasteiger partial charge in [-0.05, 0) is 94.2 Å². The highest BCUT2D eigenvalue weighted by molar-refractivity contribution is 7.26. The van der Waals surface area contributed by atoms with E-state index in [0.717, 1.165) is 38.5 Å². The lowest BCUT2D eigenvalue weighted by Gasteiger charge is -2.42. The van der Waals surface area contributed by atoms with Crippen molar-refractivity contribution in [1.82, 2.24) is 4.57 Å². The second-order valence-electron chi connectivity index (χ2n) is 17.2. The van der Waals surface area contributed by atoms with Crippen molar-refractivity contribution in [3.05, 3.63) is 151 Å². The zero-order valence-electron chi connectivity index (χ0n) is 32.1. The number of nitrogens with zero attached hydrogens (tertiary/aromatic N) is 2. The van der Waals surface area contributed by atoms with E-state index in [1.165, 1.54) is 92.0 Å². The van der Waals surface area contributed by atoms with Crippen molar-refractivity contribution in [2.24, 2.45) is 0 Å². The standard InChI is InChI=1S/C52H33BN2O2S/c1-52(2,3)28-16-18-29(19-17-28)55-40-24-36-30-10-4-7-13-42(30)57-45(36)26-35(40)32-20-21-34-48-39(22-23-44-49(48)33-12-5-8-14-43(33)56-44)54-41-25-37-31-11-6-9-15-46(31)58-47(37)27-38(41)53(55)50(32)51(34)54/h4-27H,1-3H3. The molecule has 0 aliphatic carbocycles. The summed E-state index contributed by atoms with van der Waals surface area (Å²) < 4.78 is 18.3. The van der Waals surface area contributed by atoms with E-state index < -0.39 is 0 Å². The second kappa shape index (κ2) is 10.6. The van der Waals surface area contributed by atoms with E-state index in [-0.39, 0.29) is 12.3 Å². The van der Waals surface area contributed by atoms with Crippen molar-refractivity contribution in [3.63, 3.8) is 0 Å². The molecule has 14 rings (SSSR count). The summed E-state index contributed by atoms with van der Waals surface area (Å²) in [7, 11) is 0. The van der Waals surface area contributed by atoms with Gasteiger partial charge in [0.1, 0.15) is 22.3 Å². The van der Waals surface area contributed by atoms with Gasteiger partial charge in [-0.25, -0.2) is 0 Å². The van der Waals surface area contributed by atoms with Gasteiger partial charge in [-0.3, -0.25) is 0 Å². The molecule has 4 aromatic heterocycles. The van der Waals surface area contributed by atoms with Crippen LogP contribution in [0, 0.1) is 0 Å². The lowest BCUT2D eigenvalue weighted by Crippen LogP contribution is -2.60. The summed E-state index contributed by atoms with van der Waals surface area (Å²) in [4.78, 5) is 2.63. The SMILES string of the molecule is CC(C)(C)c1ccc(N2B3c4cc5sc6ccccc6c5cc4-n4c5ccc6oc7ccccc7c6c5c5ccc(c3c54)-c3cc4oc5ccccc5c4cc32)cc1. The van der Waals surface area contributed by atoms with Crippen molar-refractivity contribution < 1.29 is 8.83 Å². The molecule has 0 spiro atoms. The van der Waals surface area contributed by atoms with Gasteiger partial charge in [0.15, 0.2) is 0 Å². The third-order valence-electron chi connectivity index (χ3n) is 13.1. The van der Waals surface area contributed by atoms with Crippen LogP contribution in [0.25, 0.3) is 103 Å². The van der Waals surface area contributed by atoms with Gasteiger partial charge in [-0.15, -0.1) is 11.3 Å². The fourth-order valence-electron chi connectivity index (χ4n) is 10.5. The number of furan rings is 2. The molecule has 6 heteroatoms. The van der Waals surface area contributed by atoms with Crippen LogP contribution in [0.1, 0.15) is 26.3 Å². The molecule has 0 N–H and O–H groups in total. The lowest BCUT2D eigenvalue weighted by molar-refractivity contribution is 0.590. The molecule has 272 valence electrons. The molecule has 0 unspecified atom stereocenters. The lowest BCUT2D eigenvalue weighted by atomic mass is 9.44. The predicted octanol–water partition coefficient (Wildman–Crippen LogP) is 13.5. The maximum absolute atomic E-state index is 6.61. The molecule has 12 aromatic rings. The Balaban J connectivity index is 1.19. The summed E-state index contributed by atoms with van der Waals surface area (Å²) in [5.41, 5.74) is 16.1. The number of thiophene rings is 1. The van der Waals surface area contributed by atoms with E-state index in [2.05, 4.69) is 176 Å². The molecule has 8 aromatic carbocycles. The summed E-state index contributed by atoms with van der Waals surface area (Å²) >= 11 is 1.89. The largest absolute Gasteiger partial charge is 0.456 e. The number of hydrogen-bond acceptors (Lipinski definition) is 4. The van der Waals surface area contributed by atoms with Crippen LogP contribution in [0.2, 0.25) is 0 Å². The zero-order valence-corrected chi connectivity index (χ0v) is 32.9. The van der Waals surface area contributed by atoms with E-state index in [1.807, 2.05) is 11.3 Å². The molecule has 2 aliphatic heterocycles. The Bertz CT molecular complexity index is 3800. The van der Waals surface area contributed by atoms with Crippen LogP contribution in [0.4, 0.5) is 11.4 Å². The van der Waals surface area contributed by atoms with Crippen LogP contribution >= 0.6 is 11.3 Å². The maximum Gasteiger partial charge on any atom is 0.333 e. The number of rotatable bonds is 1. The molecule has 4 nitrogen and oxygen atoms in total. The second-order valence-corrected chi connectivity index (χ2v) is 18.3. The van der Waals surface area contributed by atoms with E-state index >= 15 is 0 Å². The van der Waals surface area contributed by atoms with Gasteiger partial charge in [0.2, 0.25) is 0 Å². The van der Waals surface area contributed by atoms with Crippen LogP contribution in [-0.4, -0.2) is 11.4 Å². The molecule has 58 heavy (non-hydrogen) atoms. The highest BCUT2D eigenvalue weighted by Crippen LogP contribution is 2.50. The summed E-state index contributed by atoms with van der Waals surface area (Å²) in [6, 6.07) is 54.0. The van der Waals surface area contributed by atoms with Crippen LogP contribution in [0.15, 0.2) is 154 Å². The number of aromatic nitrogens is 1. The average molecular weight is 761 g/mol. The molecule has 2 aliphatic rings. The Morgan fingerprint density at radius 1 is 0.517 bits per heavy atom. The van der Waals surface area contributed by atoms with Crippen molar-refractivity contribution >= 4 is 126 Å². The number of anilines is 2. The first-order chi connectivity index (χ1) is 28.4. The van der Waals surface area contributed by atoms with Crippen LogP contribution in [0.5, 0.6) is 0 Å². The first-order valence-electron chi connectivity index (χ1n) is 20.1. The van der Waals surface area contributed by atoms with Gasteiger partial charge in [0, 0.05) is 75.1 Å². The zero-order chi connectivity index (χ0) is 38.2. The third kappa shape index (κ3) is 3.86. The molecule has 0 amide bonds. The minimum atomic E-state index is -0.0969. The smallest absolute Gasteiger partial charge is 0.333 e. The van der Waals surface area contributed by atoms with Gasteiger partial charge in [-0.2, -0.15) is 0 Å². The van der Waals surface area contributed by atoms with Gasteiger partial charge >= 0.3 is 6.85 Å². The molecule has 0 saturated heterocycles. The van der Waals surface area contributed by atoms with Crippen LogP contribution in [0.3, 0.4) is 0 Å². The first-order valence-corrected chi connectivity index (χ1v) is 20.9. The van der Waals surface area contributed by atoms with Gasteiger partial charge in [0.25, 0.3) is 0 Å². The number of fused-ring (bicyclic) bond motifs is 18. The van der Waals surface area contributed by atoms with E-state index in [9.17, 15) is 0 Å². The molecular weight excluding hydrogens is 727 g/mol. The van der Waals surface area contributed by atoms with Crippen molar-refractivity contribution in [2.75, 3.05) is 4.81 Å². The third-order valence-corrected chi connectivity index (χ3v) is 14.3. The Morgan fingerprint density at radius 3 is 2.07 bits per heavy atom. The Kier molecular flexibility index (Phi) is 5.73. The average Bonchev–Trinajstić information content (AvgIpc) is 4.00. The molecule has 0 bridgehead atoms. The van der Waals surface area contributed by atoms with Gasteiger partial charge in [0.05, 0.1) is 11.0 Å². The van der Waals surface area contributed by atoms with Crippen molar-refractivity contribution in [1.29, 1.82) is 0 Å². The Hall–Kier alpha value is -6.76. The molecule has 6 heterocycles. The first kappa shape index (κ1) is 31.3. The van der Waals surface area contributed by atoms with E-state index in [4.69, 9.17) is 8.83 Å². The Morgan fingerprint density at radius 2 is 1.24 bits per heavy atom. The molecule has 0 saturated carbocycles. The van der Waals surface area contributed by atoms with Gasteiger partial charge < -0.3 is 18.2 Å². The normalized spacial score (nSPS) is 13.7. The maximum atomic E-state index is 6.61. The highest BCUT2D eigenvalue weighted by atomic mass is 32.1. The fourth-order valence-corrected chi connectivity index (χ4v) is 11.7. The number of para-hydroxylation sites is 2. The fraction of sp³-hybridized carbons (Fsp3) is 0.0769. The number of hydrogen-bond donors (Lipinski definition) is 0. The van der Waals surface area contributed by atoms with Crippen molar-refractivity contribution in [3.8, 4) is 16.8 Å². The van der Waals surface area contributed by atoms with Crippen LogP contribution < -0.4 is 15.7 Å². The quantitative estimate of drug-likeness (QED) is 0.156. The minimum absolute atomic E-state index is 0.0344. The summed E-state index contributed by atoms with van der Waals surface area (Å²) in [6.45, 7) is 6.77. The van der Waals surface area contributed by atoms with E-state index in [0.29, 0.717) is 0 Å². The Labute approximate surface area is 337 Å². The molecule has 0 fully saturated rings. The summed E-state index contributed by atoms with van der Waals surface area (Å²) in [5, 5.41) is 9.68. The number of benzene rings is 8. The van der Waals surface area contributed by atoms with Crippen LogP contribution in [-0.2, 0) is 5.41 Å². The van der Waals surface area contributed by atoms with Crippen molar-refractivity contribution in [2.45, 2.75) is 26.2 Å². The monoisotopic (exact) mass is 760 g/mol. The molecular formula is C52H33BN2O2S. The van der Waals surface area contributed by atoms with Gasteiger partial charge in [-0.1, -0.05) is 99.6 Å². The highest BCUT2D eigenvalue weighted by Gasteiger charge is 2.45. The topological polar surface area (TPSA) is 34.5 Å². The molecule has 0 atom stereocenters. The molecule has 0 radical (unpaired) electrons. The minimum Gasteiger partial charge on any atom is -0.456 e.